The first-order valence-electron chi connectivity index (χ1n) is 5.58. The summed E-state index contributed by atoms with van der Waals surface area (Å²) < 4.78 is 50.7. The van der Waals surface area contributed by atoms with Gasteiger partial charge in [-0.05, 0) is 36.6 Å². The van der Waals surface area contributed by atoms with Gasteiger partial charge in [0.1, 0.15) is 12.4 Å². The summed E-state index contributed by atoms with van der Waals surface area (Å²) in [6, 6.07) is 3.61. The Balaban J connectivity index is 2.30. The third-order valence-electron chi connectivity index (χ3n) is 2.83. The summed E-state index contributed by atoms with van der Waals surface area (Å²) >= 11 is 5.67. The predicted molar refractivity (Wildman–Crippen MR) is 62.4 cm³/mol. The first-order valence-corrected chi connectivity index (χ1v) is 6.12. The minimum atomic E-state index is -4.28. The summed E-state index contributed by atoms with van der Waals surface area (Å²) in [6.45, 7) is -1.02. The monoisotopic (exact) mass is 281 g/mol. The molecule has 2 rings (SSSR count). The molecule has 0 heterocycles. The molecule has 0 aliphatic heterocycles. The molecule has 18 heavy (non-hydrogen) atoms. The largest absolute Gasteiger partial charge is 0.405 e. The minimum absolute atomic E-state index is 0.00578. The zero-order valence-corrected chi connectivity index (χ0v) is 10.2. The fraction of sp³-hybridized carbons (Fsp3) is 0.500. The lowest BCUT2D eigenvalue weighted by molar-refractivity contribution is -0.120. The van der Waals surface area contributed by atoms with E-state index in [2.05, 4.69) is 0 Å². The third-order valence-corrected chi connectivity index (χ3v) is 3.12. The van der Waals surface area contributed by atoms with Gasteiger partial charge in [0.25, 0.3) is 0 Å². The van der Waals surface area contributed by atoms with Gasteiger partial charge >= 0.3 is 6.18 Å². The molecule has 6 heteroatoms. The quantitative estimate of drug-likeness (QED) is 0.593. The van der Waals surface area contributed by atoms with Crippen molar-refractivity contribution in [1.82, 2.24) is 0 Å². The van der Waals surface area contributed by atoms with Gasteiger partial charge in [-0.2, -0.15) is 13.2 Å². The Morgan fingerprint density at radius 3 is 2.44 bits per heavy atom. The number of rotatable bonds is 4. The Labute approximate surface area is 107 Å². The second kappa shape index (κ2) is 4.96. The molecule has 0 atom stereocenters. The Morgan fingerprint density at radius 1 is 1.28 bits per heavy atom. The van der Waals surface area contributed by atoms with E-state index in [0.29, 0.717) is 11.3 Å². The highest BCUT2D eigenvalue weighted by atomic mass is 35.5. The number of anilines is 1. The topological polar surface area (TPSA) is 3.24 Å². The van der Waals surface area contributed by atoms with Crippen molar-refractivity contribution in [3.05, 3.63) is 29.6 Å². The summed E-state index contributed by atoms with van der Waals surface area (Å²) in [5.74, 6) is -0.495. The van der Waals surface area contributed by atoms with Crippen LogP contribution in [0, 0.1) is 5.82 Å². The molecular formula is C12H12ClF4N. The molecule has 1 aliphatic rings. The molecule has 100 valence electrons. The summed E-state index contributed by atoms with van der Waals surface area (Å²) in [4.78, 5) is 1.27. The molecule has 0 radical (unpaired) electrons. The van der Waals surface area contributed by atoms with Crippen LogP contribution in [0.4, 0.5) is 23.2 Å². The van der Waals surface area contributed by atoms with Crippen LogP contribution in [0.25, 0.3) is 0 Å². The van der Waals surface area contributed by atoms with Crippen molar-refractivity contribution in [2.24, 2.45) is 0 Å². The van der Waals surface area contributed by atoms with Gasteiger partial charge in [0, 0.05) is 17.6 Å². The molecule has 1 fully saturated rings. The van der Waals surface area contributed by atoms with Crippen LogP contribution in [0.15, 0.2) is 18.2 Å². The number of halogens is 5. The smallest absolute Gasteiger partial charge is 0.359 e. The van der Waals surface area contributed by atoms with Crippen molar-refractivity contribution < 1.29 is 17.6 Å². The third kappa shape index (κ3) is 3.28. The van der Waals surface area contributed by atoms with Gasteiger partial charge in [-0.25, -0.2) is 4.39 Å². The van der Waals surface area contributed by atoms with Crippen LogP contribution < -0.4 is 4.90 Å². The van der Waals surface area contributed by atoms with Crippen molar-refractivity contribution >= 4 is 17.3 Å². The standard InChI is InChI=1S/C12H12ClF4N/c13-6-8-5-9(14)1-4-11(8)18(10-2-3-10)7-12(15,16)17/h1,4-5,10H,2-3,6-7H2. The maximum atomic E-state index is 13.1. The van der Waals surface area contributed by atoms with E-state index in [4.69, 9.17) is 11.6 Å². The lowest BCUT2D eigenvalue weighted by Crippen LogP contribution is -2.36. The Morgan fingerprint density at radius 2 is 1.94 bits per heavy atom. The van der Waals surface area contributed by atoms with Gasteiger partial charge in [0.05, 0.1) is 0 Å². The highest BCUT2D eigenvalue weighted by Gasteiger charge is 2.38. The van der Waals surface area contributed by atoms with E-state index >= 15 is 0 Å². The van der Waals surface area contributed by atoms with Gasteiger partial charge < -0.3 is 4.90 Å². The molecule has 0 bridgehead atoms. The Bertz CT molecular complexity index is 429. The fourth-order valence-corrected chi connectivity index (χ4v) is 2.15. The first kappa shape index (κ1) is 13.5. The Kier molecular flexibility index (Phi) is 3.71. The van der Waals surface area contributed by atoms with Gasteiger partial charge in [0.2, 0.25) is 0 Å². The molecule has 1 aromatic rings. The predicted octanol–water partition coefficient (Wildman–Crippen LogP) is 4.10. The van der Waals surface area contributed by atoms with E-state index in [0.717, 1.165) is 18.9 Å². The highest BCUT2D eigenvalue weighted by Crippen LogP contribution is 2.36. The molecule has 0 spiro atoms. The van der Waals surface area contributed by atoms with E-state index in [9.17, 15) is 17.6 Å². The molecule has 1 nitrogen and oxygen atoms in total. The second-order valence-corrected chi connectivity index (χ2v) is 4.65. The molecule has 0 N–H and O–H groups in total. The van der Waals surface area contributed by atoms with Crippen LogP contribution in [0.3, 0.4) is 0 Å². The minimum Gasteiger partial charge on any atom is -0.359 e. The van der Waals surface area contributed by atoms with Crippen LogP contribution in [-0.2, 0) is 5.88 Å². The molecule has 1 saturated carbocycles. The van der Waals surface area contributed by atoms with Crippen molar-refractivity contribution in [2.45, 2.75) is 30.9 Å². The average Bonchev–Trinajstić information content (AvgIpc) is 3.08. The number of benzene rings is 1. The number of nitrogens with zero attached hydrogens (tertiary/aromatic N) is 1. The highest BCUT2D eigenvalue weighted by molar-refractivity contribution is 6.17. The van der Waals surface area contributed by atoms with Crippen LogP contribution in [0.1, 0.15) is 18.4 Å². The number of hydrogen-bond donors (Lipinski definition) is 0. The summed E-state index contributed by atoms with van der Waals surface area (Å²) in [6.07, 6.45) is -2.81. The summed E-state index contributed by atoms with van der Waals surface area (Å²) in [7, 11) is 0. The normalized spacial score (nSPS) is 15.8. The van der Waals surface area contributed by atoms with Crippen molar-refractivity contribution in [1.29, 1.82) is 0 Å². The van der Waals surface area contributed by atoms with Gasteiger partial charge in [0.15, 0.2) is 0 Å². The van der Waals surface area contributed by atoms with E-state index < -0.39 is 18.5 Å². The number of hydrogen-bond acceptors (Lipinski definition) is 1. The lowest BCUT2D eigenvalue weighted by Gasteiger charge is -2.27. The Hall–Kier alpha value is -0.970. The van der Waals surface area contributed by atoms with E-state index in [-0.39, 0.29) is 11.9 Å². The molecular weight excluding hydrogens is 270 g/mol. The maximum absolute atomic E-state index is 13.1. The van der Waals surface area contributed by atoms with Gasteiger partial charge in [-0.15, -0.1) is 11.6 Å². The van der Waals surface area contributed by atoms with Gasteiger partial charge in [-0.3, -0.25) is 0 Å². The van der Waals surface area contributed by atoms with E-state index in [1.54, 1.807) is 0 Å². The molecule has 0 saturated heterocycles. The van der Waals surface area contributed by atoms with Gasteiger partial charge in [-0.1, -0.05) is 0 Å². The molecule has 1 aromatic carbocycles. The van der Waals surface area contributed by atoms with Crippen LogP contribution >= 0.6 is 11.6 Å². The summed E-state index contributed by atoms with van der Waals surface area (Å²) in [5, 5.41) is 0. The summed E-state index contributed by atoms with van der Waals surface area (Å²) in [5.41, 5.74) is 0.777. The molecule has 1 aliphatic carbocycles. The lowest BCUT2D eigenvalue weighted by atomic mass is 10.1. The zero-order chi connectivity index (χ0) is 13.3. The second-order valence-electron chi connectivity index (χ2n) is 4.38. The van der Waals surface area contributed by atoms with Crippen molar-refractivity contribution in [3.63, 3.8) is 0 Å². The molecule has 0 aromatic heterocycles. The van der Waals surface area contributed by atoms with Crippen LogP contribution in [0.5, 0.6) is 0 Å². The van der Waals surface area contributed by atoms with Crippen LogP contribution in [-0.4, -0.2) is 18.8 Å². The first-order chi connectivity index (χ1) is 8.40. The van der Waals surface area contributed by atoms with E-state index in [1.165, 1.54) is 17.0 Å². The van der Waals surface area contributed by atoms with Crippen molar-refractivity contribution in [3.8, 4) is 0 Å². The SMILES string of the molecule is Fc1ccc(N(CC(F)(F)F)C2CC2)c(CCl)c1. The number of alkyl halides is 4. The van der Waals surface area contributed by atoms with Crippen molar-refractivity contribution in [2.75, 3.05) is 11.4 Å². The van der Waals surface area contributed by atoms with E-state index in [1.807, 2.05) is 0 Å². The van der Waals surface area contributed by atoms with Crippen LogP contribution in [0.2, 0.25) is 0 Å². The zero-order valence-electron chi connectivity index (χ0n) is 9.47. The average molecular weight is 282 g/mol. The molecule has 0 amide bonds. The maximum Gasteiger partial charge on any atom is 0.405 e. The molecule has 0 unspecified atom stereocenters. The fourth-order valence-electron chi connectivity index (χ4n) is 1.93.